The Bertz CT molecular complexity index is 740. The van der Waals surface area contributed by atoms with Gasteiger partial charge in [0.05, 0.1) is 11.9 Å². The normalized spacial score (nSPS) is 10.9. The van der Waals surface area contributed by atoms with Crippen LogP contribution < -0.4 is 5.56 Å². The molecule has 0 aliphatic heterocycles. The van der Waals surface area contributed by atoms with E-state index in [1.54, 1.807) is 16.2 Å². The summed E-state index contributed by atoms with van der Waals surface area (Å²) in [6.45, 7) is 2.67. The maximum atomic E-state index is 12.1. The summed E-state index contributed by atoms with van der Waals surface area (Å²) in [4.78, 5) is 17.1. The van der Waals surface area contributed by atoms with E-state index in [4.69, 9.17) is 0 Å². The van der Waals surface area contributed by atoms with Crippen molar-refractivity contribution in [2.24, 2.45) is 0 Å². The quantitative estimate of drug-likeness (QED) is 0.706. The second-order valence-corrected chi connectivity index (χ2v) is 5.28. The van der Waals surface area contributed by atoms with Crippen LogP contribution in [0, 0.1) is 6.92 Å². The van der Waals surface area contributed by atoms with E-state index in [1.807, 2.05) is 6.07 Å². The van der Waals surface area contributed by atoms with Crippen LogP contribution in [0.2, 0.25) is 0 Å². The third kappa shape index (κ3) is 1.95. The van der Waals surface area contributed by atoms with Crippen molar-refractivity contribution in [2.75, 3.05) is 0 Å². The van der Waals surface area contributed by atoms with Crippen molar-refractivity contribution in [3.8, 4) is 0 Å². The third-order valence-corrected chi connectivity index (χ3v) is 3.89. The number of benzene rings is 1. The fourth-order valence-electron chi connectivity index (χ4n) is 1.87. The highest BCUT2D eigenvalue weighted by Crippen LogP contribution is 2.14. The van der Waals surface area contributed by atoms with Crippen LogP contribution in [-0.4, -0.2) is 8.94 Å². The van der Waals surface area contributed by atoms with E-state index in [-0.39, 0.29) is 5.56 Å². The Hall–Kier alpha value is -1.94. The Morgan fingerprint density at radius 3 is 2.72 bits per heavy atom. The number of aromatic nitrogens is 2. The van der Waals surface area contributed by atoms with Gasteiger partial charge in [0.15, 0.2) is 0 Å². The summed E-state index contributed by atoms with van der Waals surface area (Å²) in [7, 11) is 0. The maximum absolute atomic E-state index is 12.1. The number of pyridine rings is 1. The average molecular weight is 256 g/mol. The van der Waals surface area contributed by atoms with Crippen molar-refractivity contribution < 1.29 is 0 Å². The topological polar surface area (TPSA) is 34.9 Å². The zero-order valence-electron chi connectivity index (χ0n) is 9.96. The summed E-state index contributed by atoms with van der Waals surface area (Å²) in [6.07, 6.45) is 1.72. The van der Waals surface area contributed by atoms with E-state index >= 15 is 0 Å². The number of nitrogens with zero attached hydrogens (tertiary/aromatic N) is 2. The van der Waals surface area contributed by atoms with Gasteiger partial charge in [-0.2, -0.15) is 0 Å². The van der Waals surface area contributed by atoms with Gasteiger partial charge in [-0.15, -0.1) is 0 Å². The van der Waals surface area contributed by atoms with Gasteiger partial charge in [0, 0.05) is 6.20 Å². The molecule has 0 saturated carbocycles. The lowest BCUT2D eigenvalue weighted by molar-refractivity contribution is 0.854. The molecule has 0 aliphatic rings. The molecule has 2 heterocycles. The van der Waals surface area contributed by atoms with Gasteiger partial charge >= 0.3 is 0 Å². The fraction of sp³-hybridized carbons (Fsp3) is 0.143. The van der Waals surface area contributed by atoms with Gasteiger partial charge in [-0.3, -0.25) is 8.75 Å². The number of rotatable bonds is 2. The highest BCUT2D eigenvalue weighted by atomic mass is 32.1. The van der Waals surface area contributed by atoms with Crippen LogP contribution in [0.3, 0.4) is 0 Å². The second kappa shape index (κ2) is 4.38. The number of fused-ring (bicyclic) bond motifs is 1. The van der Waals surface area contributed by atoms with E-state index in [0.29, 0.717) is 11.9 Å². The van der Waals surface area contributed by atoms with E-state index in [9.17, 15) is 4.79 Å². The lowest BCUT2D eigenvalue weighted by Crippen LogP contribution is -2.13. The van der Waals surface area contributed by atoms with Crippen LogP contribution in [0.5, 0.6) is 0 Å². The Labute approximate surface area is 108 Å². The highest BCUT2D eigenvalue weighted by molar-refractivity contribution is 7.13. The largest absolute Gasteiger partial charge is 0.270 e. The molecule has 3 rings (SSSR count). The van der Waals surface area contributed by atoms with E-state index < -0.39 is 0 Å². The Morgan fingerprint density at radius 2 is 2.00 bits per heavy atom. The molecule has 18 heavy (non-hydrogen) atoms. The standard InChI is InChI=1S/C14H12N2OS/c1-10-4-6-11(7-5-10)9-16-14(17)12-3-2-8-15-13(12)18-16/h2-8H,9H2,1H3. The fourth-order valence-corrected chi connectivity index (χ4v) is 2.84. The molecule has 0 atom stereocenters. The zero-order chi connectivity index (χ0) is 12.5. The molecule has 0 N–H and O–H groups in total. The van der Waals surface area contributed by atoms with Crippen molar-refractivity contribution in [1.82, 2.24) is 8.94 Å². The van der Waals surface area contributed by atoms with Crippen LogP contribution in [0.1, 0.15) is 11.1 Å². The summed E-state index contributed by atoms with van der Waals surface area (Å²) in [5.74, 6) is 0. The minimum absolute atomic E-state index is 0.0451. The van der Waals surface area contributed by atoms with Gasteiger partial charge in [0.25, 0.3) is 5.56 Å². The van der Waals surface area contributed by atoms with Gasteiger partial charge in [-0.05, 0) is 36.2 Å². The molecule has 0 bridgehead atoms. The van der Waals surface area contributed by atoms with E-state index in [1.165, 1.54) is 17.1 Å². The van der Waals surface area contributed by atoms with Crippen LogP contribution in [0.4, 0.5) is 0 Å². The monoisotopic (exact) mass is 256 g/mol. The van der Waals surface area contributed by atoms with Crippen molar-refractivity contribution in [1.29, 1.82) is 0 Å². The highest BCUT2D eigenvalue weighted by Gasteiger charge is 2.07. The predicted molar refractivity (Wildman–Crippen MR) is 74.2 cm³/mol. The minimum Gasteiger partial charge on any atom is -0.268 e. The molecule has 0 aliphatic carbocycles. The van der Waals surface area contributed by atoms with Crippen molar-refractivity contribution in [2.45, 2.75) is 13.5 Å². The molecule has 0 saturated heterocycles. The smallest absolute Gasteiger partial charge is 0.268 e. The van der Waals surface area contributed by atoms with Crippen LogP contribution in [-0.2, 0) is 6.54 Å². The van der Waals surface area contributed by atoms with Gasteiger partial charge in [0.1, 0.15) is 4.83 Å². The number of hydrogen-bond donors (Lipinski definition) is 0. The first-order chi connectivity index (χ1) is 8.74. The van der Waals surface area contributed by atoms with Crippen LogP contribution in [0.15, 0.2) is 47.4 Å². The Kier molecular flexibility index (Phi) is 2.72. The maximum Gasteiger partial charge on any atom is 0.270 e. The van der Waals surface area contributed by atoms with Gasteiger partial charge < -0.3 is 0 Å². The second-order valence-electron chi connectivity index (χ2n) is 4.27. The molecule has 1 aromatic carbocycles. The third-order valence-electron chi connectivity index (χ3n) is 2.87. The number of hydrogen-bond acceptors (Lipinski definition) is 3. The first-order valence-corrected chi connectivity index (χ1v) is 6.52. The van der Waals surface area contributed by atoms with Crippen LogP contribution >= 0.6 is 11.5 Å². The molecule has 0 unspecified atom stereocenters. The molecule has 0 amide bonds. The summed E-state index contributed by atoms with van der Waals surface area (Å²) in [5.41, 5.74) is 2.40. The molecule has 3 nitrogen and oxygen atoms in total. The molecule has 3 aromatic rings. The van der Waals surface area contributed by atoms with Crippen LogP contribution in [0.25, 0.3) is 10.2 Å². The first kappa shape index (κ1) is 11.2. The molecular weight excluding hydrogens is 244 g/mol. The zero-order valence-corrected chi connectivity index (χ0v) is 10.8. The van der Waals surface area contributed by atoms with Crippen molar-refractivity contribution in [3.63, 3.8) is 0 Å². The van der Waals surface area contributed by atoms with E-state index in [2.05, 4.69) is 36.2 Å². The van der Waals surface area contributed by atoms with Crippen molar-refractivity contribution >= 4 is 21.7 Å². The van der Waals surface area contributed by atoms with Gasteiger partial charge in [-0.1, -0.05) is 29.8 Å². The molecule has 0 spiro atoms. The molecular formula is C14H12N2OS. The number of aryl methyl sites for hydroxylation is 1. The average Bonchev–Trinajstić information content (AvgIpc) is 2.70. The molecule has 4 heteroatoms. The lowest BCUT2D eigenvalue weighted by atomic mass is 10.1. The lowest BCUT2D eigenvalue weighted by Gasteiger charge is -2.01. The van der Waals surface area contributed by atoms with Gasteiger partial charge in [0.2, 0.25) is 0 Å². The summed E-state index contributed by atoms with van der Waals surface area (Å²) in [5, 5.41) is 0.703. The molecule has 90 valence electrons. The molecule has 0 fully saturated rings. The van der Waals surface area contributed by atoms with Gasteiger partial charge in [-0.25, -0.2) is 4.98 Å². The van der Waals surface area contributed by atoms with E-state index in [0.717, 1.165) is 10.4 Å². The predicted octanol–water partition coefficient (Wildman–Crippen LogP) is 2.81. The summed E-state index contributed by atoms with van der Waals surface area (Å²) in [6, 6.07) is 11.9. The SMILES string of the molecule is Cc1ccc(Cn2sc3ncccc3c2=O)cc1. The summed E-state index contributed by atoms with van der Waals surface area (Å²) >= 11 is 1.42. The summed E-state index contributed by atoms with van der Waals surface area (Å²) < 4.78 is 1.75. The van der Waals surface area contributed by atoms with Crippen molar-refractivity contribution in [3.05, 3.63) is 64.1 Å². The first-order valence-electron chi connectivity index (χ1n) is 5.74. The Balaban J connectivity index is 2.02. The Morgan fingerprint density at radius 1 is 1.22 bits per heavy atom. The molecule has 0 radical (unpaired) electrons. The minimum atomic E-state index is 0.0451. The molecule has 2 aromatic heterocycles.